The quantitative estimate of drug-likeness (QED) is 0.840. The average molecular weight is 317 g/mol. The second kappa shape index (κ2) is 7.75. The molecule has 1 atom stereocenters. The third-order valence-electron chi connectivity index (χ3n) is 5.17. The first kappa shape index (κ1) is 16.9. The molecule has 128 valence electrons. The molecule has 0 saturated carbocycles. The fourth-order valence-corrected chi connectivity index (χ4v) is 3.98. The summed E-state index contributed by atoms with van der Waals surface area (Å²) in [6.07, 6.45) is 4.64. The van der Waals surface area contributed by atoms with Crippen LogP contribution in [0.2, 0.25) is 0 Å². The van der Waals surface area contributed by atoms with Crippen LogP contribution in [0.25, 0.3) is 0 Å². The average Bonchev–Trinajstić information content (AvgIpc) is 3.02. The number of nitrogens with one attached hydrogen (secondary N) is 1. The second-order valence-corrected chi connectivity index (χ2v) is 7.43. The van der Waals surface area contributed by atoms with Crippen LogP contribution in [-0.4, -0.2) is 60.3 Å². The molecule has 23 heavy (non-hydrogen) atoms. The number of hydrogen-bond acceptors (Lipinski definition) is 4. The number of likely N-dealkylation sites (N-methyl/N-ethyl adjacent to an activating group) is 1. The second-order valence-electron chi connectivity index (χ2n) is 7.43. The standard InChI is InChI=1S/C19H31N3O/c1-21(16-19(23)9-6-10-20-15-19)13-17-7-2-3-8-18(17)14-22-11-4-5-12-22/h2-3,7-8,20,23H,4-6,9-16H2,1H3/t19-/m0/s1. The number of piperidine rings is 1. The van der Waals surface area contributed by atoms with Crippen LogP contribution in [0.3, 0.4) is 0 Å². The van der Waals surface area contributed by atoms with Crippen LogP contribution in [0.15, 0.2) is 24.3 Å². The smallest absolute Gasteiger partial charge is 0.0898 e. The number of β-amino-alcohol motifs (C(OH)–C–C–N with tert-alkyl or cyclic N) is 1. The van der Waals surface area contributed by atoms with Gasteiger partial charge in [0.05, 0.1) is 5.60 Å². The normalized spacial score (nSPS) is 26.0. The van der Waals surface area contributed by atoms with Crippen LogP contribution in [0.5, 0.6) is 0 Å². The minimum Gasteiger partial charge on any atom is -0.387 e. The first-order valence-electron chi connectivity index (χ1n) is 9.05. The van der Waals surface area contributed by atoms with Crippen LogP contribution in [0, 0.1) is 0 Å². The van der Waals surface area contributed by atoms with Crippen molar-refractivity contribution in [3.63, 3.8) is 0 Å². The number of hydrogen-bond donors (Lipinski definition) is 2. The van der Waals surface area contributed by atoms with Gasteiger partial charge >= 0.3 is 0 Å². The highest BCUT2D eigenvalue weighted by Crippen LogP contribution is 2.20. The van der Waals surface area contributed by atoms with E-state index >= 15 is 0 Å². The van der Waals surface area contributed by atoms with Gasteiger partial charge in [0, 0.05) is 26.2 Å². The van der Waals surface area contributed by atoms with Gasteiger partial charge in [0.25, 0.3) is 0 Å². The molecule has 0 spiro atoms. The van der Waals surface area contributed by atoms with E-state index in [4.69, 9.17) is 0 Å². The lowest BCUT2D eigenvalue weighted by molar-refractivity contribution is -0.0113. The molecule has 2 aliphatic heterocycles. The van der Waals surface area contributed by atoms with Crippen molar-refractivity contribution >= 4 is 0 Å². The predicted molar refractivity (Wildman–Crippen MR) is 94.3 cm³/mol. The van der Waals surface area contributed by atoms with Crippen LogP contribution in [-0.2, 0) is 13.1 Å². The van der Waals surface area contributed by atoms with E-state index in [0.29, 0.717) is 6.54 Å². The number of aliphatic hydroxyl groups is 1. The molecule has 4 nitrogen and oxygen atoms in total. The summed E-state index contributed by atoms with van der Waals surface area (Å²) in [6.45, 7) is 6.92. The minimum atomic E-state index is -0.573. The van der Waals surface area contributed by atoms with Gasteiger partial charge in [-0.3, -0.25) is 9.80 Å². The molecule has 0 aromatic heterocycles. The van der Waals surface area contributed by atoms with Crippen LogP contribution in [0.4, 0.5) is 0 Å². The summed E-state index contributed by atoms with van der Waals surface area (Å²) in [4.78, 5) is 4.83. The summed E-state index contributed by atoms with van der Waals surface area (Å²) >= 11 is 0. The third kappa shape index (κ3) is 4.77. The number of likely N-dealkylation sites (tertiary alicyclic amines) is 1. The van der Waals surface area contributed by atoms with E-state index in [2.05, 4.69) is 46.4 Å². The van der Waals surface area contributed by atoms with Gasteiger partial charge in [-0.2, -0.15) is 0 Å². The fourth-order valence-electron chi connectivity index (χ4n) is 3.98. The van der Waals surface area contributed by atoms with Crippen LogP contribution >= 0.6 is 0 Å². The molecule has 4 heteroatoms. The zero-order valence-corrected chi connectivity index (χ0v) is 14.4. The van der Waals surface area contributed by atoms with Gasteiger partial charge in [-0.25, -0.2) is 0 Å². The predicted octanol–water partition coefficient (Wildman–Crippen LogP) is 1.83. The van der Waals surface area contributed by atoms with Gasteiger partial charge < -0.3 is 10.4 Å². The van der Waals surface area contributed by atoms with E-state index in [0.717, 1.165) is 39.0 Å². The molecule has 2 aliphatic rings. The topological polar surface area (TPSA) is 38.7 Å². The Balaban J connectivity index is 1.60. The zero-order valence-electron chi connectivity index (χ0n) is 14.4. The van der Waals surface area contributed by atoms with Crippen LogP contribution in [0.1, 0.15) is 36.8 Å². The zero-order chi connectivity index (χ0) is 16.1. The molecule has 0 aliphatic carbocycles. The monoisotopic (exact) mass is 317 g/mol. The molecule has 3 rings (SSSR count). The maximum atomic E-state index is 10.7. The first-order chi connectivity index (χ1) is 11.1. The van der Waals surface area contributed by atoms with E-state index in [1.54, 1.807) is 0 Å². The highest BCUT2D eigenvalue weighted by Gasteiger charge is 2.30. The SMILES string of the molecule is CN(Cc1ccccc1CN1CCCC1)C[C@]1(O)CCCNC1. The minimum absolute atomic E-state index is 0.573. The number of benzene rings is 1. The van der Waals surface area contributed by atoms with Crippen molar-refractivity contribution in [3.05, 3.63) is 35.4 Å². The Morgan fingerprint density at radius 1 is 1.17 bits per heavy atom. The summed E-state index contributed by atoms with van der Waals surface area (Å²) in [6, 6.07) is 8.78. The number of nitrogens with zero attached hydrogens (tertiary/aromatic N) is 2. The lowest BCUT2D eigenvalue weighted by Crippen LogP contribution is -2.52. The first-order valence-corrected chi connectivity index (χ1v) is 9.05. The Morgan fingerprint density at radius 3 is 2.61 bits per heavy atom. The summed E-state index contributed by atoms with van der Waals surface area (Å²) < 4.78 is 0. The van der Waals surface area contributed by atoms with E-state index < -0.39 is 5.60 Å². The molecule has 0 radical (unpaired) electrons. The maximum Gasteiger partial charge on any atom is 0.0898 e. The van der Waals surface area contributed by atoms with Crippen molar-refractivity contribution in [1.29, 1.82) is 0 Å². The lowest BCUT2D eigenvalue weighted by Gasteiger charge is -2.36. The molecule has 2 N–H and O–H groups in total. The van der Waals surface area contributed by atoms with E-state index in [9.17, 15) is 5.11 Å². The van der Waals surface area contributed by atoms with Crippen molar-refractivity contribution in [3.8, 4) is 0 Å². The molecule has 1 aromatic rings. The Morgan fingerprint density at radius 2 is 1.91 bits per heavy atom. The summed E-state index contributed by atoms with van der Waals surface area (Å²) in [7, 11) is 2.12. The highest BCUT2D eigenvalue weighted by atomic mass is 16.3. The van der Waals surface area contributed by atoms with Crippen LogP contribution < -0.4 is 5.32 Å². The van der Waals surface area contributed by atoms with Crippen molar-refractivity contribution in [2.45, 2.75) is 44.4 Å². The summed E-state index contributed by atoms with van der Waals surface area (Å²) in [5.74, 6) is 0. The van der Waals surface area contributed by atoms with Gasteiger partial charge in [-0.15, -0.1) is 0 Å². The van der Waals surface area contributed by atoms with Gasteiger partial charge in [-0.05, 0) is 63.5 Å². The molecule has 2 fully saturated rings. The van der Waals surface area contributed by atoms with Gasteiger partial charge in [0.15, 0.2) is 0 Å². The van der Waals surface area contributed by atoms with Crippen molar-refractivity contribution in [1.82, 2.24) is 15.1 Å². The number of rotatable bonds is 6. The Kier molecular flexibility index (Phi) is 5.70. The van der Waals surface area contributed by atoms with Gasteiger partial charge in [0.1, 0.15) is 0 Å². The molecule has 1 aromatic carbocycles. The van der Waals surface area contributed by atoms with E-state index in [-0.39, 0.29) is 0 Å². The Hall–Kier alpha value is -0.940. The summed E-state index contributed by atoms with van der Waals surface area (Å²) in [5, 5.41) is 14.0. The van der Waals surface area contributed by atoms with Crippen molar-refractivity contribution in [2.75, 3.05) is 39.8 Å². The summed E-state index contributed by atoms with van der Waals surface area (Å²) in [5.41, 5.74) is 2.26. The molecule has 2 heterocycles. The largest absolute Gasteiger partial charge is 0.387 e. The molecule has 0 unspecified atom stereocenters. The van der Waals surface area contributed by atoms with Crippen molar-refractivity contribution in [2.24, 2.45) is 0 Å². The highest BCUT2D eigenvalue weighted by molar-refractivity contribution is 5.27. The Bertz CT molecular complexity index is 493. The van der Waals surface area contributed by atoms with E-state index in [1.165, 1.54) is 37.1 Å². The maximum absolute atomic E-state index is 10.7. The van der Waals surface area contributed by atoms with Crippen molar-refractivity contribution < 1.29 is 5.11 Å². The molecule has 0 bridgehead atoms. The molecular formula is C19H31N3O. The molecular weight excluding hydrogens is 286 g/mol. The Labute approximate surface area is 140 Å². The fraction of sp³-hybridized carbons (Fsp3) is 0.684. The molecule has 2 saturated heterocycles. The van der Waals surface area contributed by atoms with Gasteiger partial charge in [-0.1, -0.05) is 24.3 Å². The molecule has 0 amide bonds. The third-order valence-corrected chi connectivity index (χ3v) is 5.17. The lowest BCUT2D eigenvalue weighted by atomic mass is 9.93. The van der Waals surface area contributed by atoms with E-state index in [1.807, 2.05) is 0 Å². The van der Waals surface area contributed by atoms with Gasteiger partial charge in [0.2, 0.25) is 0 Å².